The molecule has 1 aromatic carbocycles. The summed E-state index contributed by atoms with van der Waals surface area (Å²) in [6.07, 6.45) is 2.80. The number of aliphatic carboxylic acids is 1. The standard InChI is InChI=1S/C20H27NO5/c22-14(10-13-4-2-1-3-5-13)6-7-15-16-11-18(17(16)12-19(15)23)21-26-9-8-20(24)25/h1-5,14-17,19,22-23H,6-12H2,(H,24,25). The van der Waals surface area contributed by atoms with Gasteiger partial charge in [-0.1, -0.05) is 35.5 Å². The molecule has 5 atom stereocenters. The Morgan fingerprint density at radius 3 is 2.81 bits per heavy atom. The number of carboxylic acid groups (broad SMARTS) is 1. The summed E-state index contributed by atoms with van der Waals surface area (Å²) >= 11 is 0. The molecule has 0 aliphatic heterocycles. The number of benzene rings is 1. The lowest BCUT2D eigenvalue weighted by Crippen LogP contribution is -2.37. The molecule has 2 aliphatic rings. The summed E-state index contributed by atoms with van der Waals surface area (Å²) in [6.45, 7) is 0.0773. The van der Waals surface area contributed by atoms with Crippen LogP contribution in [0.5, 0.6) is 0 Å². The molecule has 1 aromatic rings. The van der Waals surface area contributed by atoms with Crippen LogP contribution in [0.2, 0.25) is 0 Å². The van der Waals surface area contributed by atoms with Crippen LogP contribution < -0.4 is 0 Å². The van der Waals surface area contributed by atoms with Gasteiger partial charge in [-0.15, -0.1) is 0 Å². The first-order valence-corrected chi connectivity index (χ1v) is 9.35. The zero-order valence-corrected chi connectivity index (χ0v) is 14.8. The zero-order valence-electron chi connectivity index (χ0n) is 14.8. The van der Waals surface area contributed by atoms with Gasteiger partial charge in [0.25, 0.3) is 0 Å². The summed E-state index contributed by atoms with van der Waals surface area (Å²) < 4.78 is 0. The van der Waals surface area contributed by atoms with E-state index in [0.29, 0.717) is 25.2 Å². The minimum absolute atomic E-state index is 0.0601. The lowest BCUT2D eigenvalue weighted by molar-refractivity contribution is -0.138. The highest BCUT2D eigenvalue weighted by Crippen LogP contribution is 2.50. The van der Waals surface area contributed by atoms with E-state index in [-0.39, 0.29) is 31.0 Å². The molecule has 2 aliphatic carbocycles. The van der Waals surface area contributed by atoms with E-state index in [4.69, 9.17) is 9.94 Å². The Hall–Kier alpha value is -1.92. The van der Waals surface area contributed by atoms with E-state index in [2.05, 4.69) is 5.16 Å². The summed E-state index contributed by atoms with van der Waals surface area (Å²) in [5, 5.41) is 33.3. The maximum atomic E-state index is 10.5. The number of hydrogen-bond acceptors (Lipinski definition) is 5. The summed E-state index contributed by atoms with van der Waals surface area (Å²) in [6, 6.07) is 9.94. The second-order valence-corrected chi connectivity index (χ2v) is 7.42. The quantitative estimate of drug-likeness (QED) is 0.463. The molecule has 2 saturated carbocycles. The first-order valence-electron chi connectivity index (χ1n) is 9.35. The minimum Gasteiger partial charge on any atom is -0.481 e. The van der Waals surface area contributed by atoms with Crippen molar-refractivity contribution >= 4 is 11.7 Å². The molecular weight excluding hydrogens is 334 g/mol. The molecule has 0 saturated heterocycles. The van der Waals surface area contributed by atoms with Gasteiger partial charge in [-0.25, -0.2) is 0 Å². The molecule has 3 N–H and O–H groups in total. The highest BCUT2D eigenvalue weighted by Gasteiger charge is 2.51. The van der Waals surface area contributed by atoms with Crippen LogP contribution in [0.25, 0.3) is 0 Å². The molecule has 0 radical (unpaired) electrons. The Labute approximate surface area is 153 Å². The Bertz CT molecular complexity index is 632. The van der Waals surface area contributed by atoms with Gasteiger partial charge in [0, 0.05) is 5.92 Å². The predicted octanol–water partition coefficient (Wildman–Crippen LogP) is 2.23. The van der Waals surface area contributed by atoms with Gasteiger partial charge in [-0.2, -0.15) is 0 Å². The van der Waals surface area contributed by atoms with Gasteiger partial charge in [0.15, 0.2) is 0 Å². The normalized spacial score (nSPS) is 29.8. The molecule has 5 unspecified atom stereocenters. The van der Waals surface area contributed by atoms with Crippen LogP contribution in [0.1, 0.15) is 37.7 Å². The SMILES string of the molecule is O=C(O)CCON=C1CC2C1CC(O)C2CCC(O)Cc1ccccc1. The van der Waals surface area contributed by atoms with Crippen molar-refractivity contribution in [2.45, 2.75) is 50.7 Å². The fraction of sp³-hybridized carbons (Fsp3) is 0.600. The number of hydrogen-bond donors (Lipinski definition) is 3. The predicted molar refractivity (Wildman–Crippen MR) is 96.7 cm³/mol. The Kier molecular flexibility index (Phi) is 6.27. The molecule has 26 heavy (non-hydrogen) atoms. The number of nitrogens with zero attached hydrogens (tertiary/aromatic N) is 1. The summed E-state index contributed by atoms with van der Waals surface area (Å²) in [7, 11) is 0. The van der Waals surface area contributed by atoms with Crippen LogP contribution in [0.3, 0.4) is 0 Å². The molecule has 0 amide bonds. The van der Waals surface area contributed by atoms with Crippen LogP contribution >= 0.6 is 0 Å². The third-order valence-corrected chi connectivity index (χ3v) is 5.67. The topological polar surface area (TPSA) is 99.4 Å². The number of aliphatic hydroxyl groups is 2. The second-order valence-electron chi connectivity index (χ2n) is 7.42. The van der Waals surface area contributed by atoms with E-state index < -0.39 is 12.1 Å². The number of carboxylic acids is 1. The van der Waals surface area contributed by atoms with Crippen LogP contribution in [-0.2, 0) is 16.1 Å². The smallest absolute Gasteiger partial charge is 0.306 e. The van der Waals surface area contributed by atoms with Gasteiger partial charge in [0.2, 0.25) is 0 Å². The monoisotopic (exact) mass is 361 g/mol. The molecule has 2 fully saturated rings. The van der Waals surface area contributed by atoms with Gasteiger partial charge >= 0.3 is 5.97 Å². The van der Waals surface area contributed by atoms with Crippen LogP contribution in [0, 0.1) is 17.8 Å². The summed E-state index contributed by atoms with van der Waals surface area (Å²) in [5.74, 6) is -0.0627. The molecule has 142 valence electrons. The van der Waals surface area contributed by atoms with Crippen molar-refractivity contribution in [1.29, 1.82) is 0 Å². The van der Waals surface area contributed by atoms with Crippen LogP contribution in [-0.4, -0.2) is 45.8 Å². The highest BCUT2D eigenvalue weighted by molar-refractivity contribution is 5.93. The number of fused-ring (bicyclic) bond motifs is 1. The molecule has 6 nitrogen and oxygen atoms in total. The highest BCUT2D eigenvalue weighted by atomic mass is 16.6. The van der Waals surface area contributed by atoms with Gasteiger partial charge in [0.1, 0.15) is 6.61 Å². The molecular formula is C20H27NO5. The molecule has 0 heterocycles. The van der Waals surface area contributed by atoms with Crippen LogP contribution in [0.15, 0.2) is 35.5 Å². The van der Waals surface area contributed by atoms with Crippen molar-refractivity contribution in [3.63, 3.8) is 0 Å². The Morgan fingerprint density at radius 2 is 2.08 bits per heavy atom. The van der Waals surface area contributed by atoms with Gasteiger partial charge in [0.05, 0.1) is 24.3 Å². The number of oxime groups is 1. The zero-order chi connectivity index (χ0) is 18.5. The number of rotatable bonds is 9. The average Bonchev–Trinajstić information content (AvgIpc) is 2.84. The van der Waals surface area contributed by atoms with E-state index in [0.717, 1.165) is 24.1 Å². The second kappa shape index (κ2) is 8.64. The van der Waals surface area contributed by atoms with Gasteiger partial charge < -0.3 is 20.2 Å². The molecule has 3 rings (SSSR count). The van der Waals surface area contributed by atoms with Gasteiger partial charge in [-0.05, 0) is 49.5 Å². The maximum absolute atomic E-state index is 10.5. The van der Waals surface area contributed by atoms with E-state index in [1.54, 1.807) is 0 Å². The Balaban J connectivity index is 1.43. The summed E-state index contributed by atoms with van der Waals surface area (Å²) in [5.41, 5.74) is 2.06. The largest absolute Gasteiger partial charge is 0.481 e. The van der Waals surface area contributed by atoms with E-state index >= 15 is 0 Å². The van der Waals surface area contributed by atoms with Crippen molar-refractivity contribution in [2.24, 2.45) is 22.9 Å². The third-order valence-electron chi connectivity index (χ3n) is 5.67. The van der Waals surface area contributed by atoms with Crippen molar-refractivity contribution in [3.8, 4) is 0 Å². The third kappa shape index (κ3) is 4.62. The fourth-order valence-electron chi connectivity index (χ4n) is 4.25. The van der Waals surface area contributed by atoms with Crippen molar-refractivity contribution in [2.75, 3.05) is 6.61 Å². The van der Waals surface area contributed by atoms with E-state index in [1.165, 1.54) is 0 Å². The molecule has 0 spiro atoms. The van der Waals surface area contributed by atoms with Crippen molar-refractivity contribution in [3.05, 3.63) is 35.9 Å². The maximum Gasteiger partial charge on any atom is 0.306 e. The average molecular weight is 361 g/mol. The van der Waals surface area contributed by atoms with Crippen LogP contribution in [0.4, 0.5) is 0 Å². The van der Waals surface area contributed by atoms with Crippen molar-refractivity contribution < 1.29 is 25.0 Å². The number of carbonyl (C=O) groups is 1. The minimum atomic E-state index is -0.901. The lowest BCUT2D eigenvalue weighted by atomic mass is 9.70. The summed E-state index contributed by atoms with van der Waals surface area (Å²) in [4.78, 5) is 15.5. The fourth-order valence-corrected chi connectivity index (χ4v) is 4.25. The first-order chi connectivity index (χ1) is 12.5. The van der Waals surface area contributed by atoms with Gasteiger partial charge in [-0.3, -0.25) is 4.79 Å². The lowest BCUT2D eigenvalue weighted by Gasteiger charge is -2.35. The molecule has 0 bridgehead atoms. The molecule has 0 aromatic heterocycles. The molecule has 6 heteroatoms. The van der Waals surface area contributed by atoms with E-state index in [1.807, 2.05) is 30.3 Å². The number of aliphatic hydroxyl groups excluding tert-OH is 2. The first kappa shape index (κ1) is 18.9. The van der Waals surface area contributed by atoms with Crippen molar-refractivity contribution in [1.82, 2.24) is 0 Å². The Morgan fingerprint density at radius 1 is 1.31 bits per heavy atom. The van der Waals surface area contributed by atoms with E-state index in [9.17, 15) is 15.0 Å².